The zero-order valence-corrected chi connectivity index (χ0v) is 10.2. The lowest BCUT2D eigenvalue weighted by molar-refractivity contribution is -0.274. The molecule has 2 nitrogen and oxygen atoms in total. The molecule has 6 heteroatoms. The third-order valence-electron chi connectivity index (χ3n) is 3.47. The van der Waals surface area contributed by atoms with Crippen LogP contribution in [0.4, 0.5) is 17.6 Å². The van der Waals surface area contributed by atoms with Crippen molar-refractivity contribution in [1.29, 1.82) is 0 Å². The van der Waals surface area contributed by atoms with Crippen molar-refractivity contribution in [3.8, 4) is 5.75 Å². The van der Waals surface area contributed by atoms with Crippen molar-refractivity contribution in [1.82, 2.24) is 0 Å². The quantitative estimate of drug-likeness (QED) is 0.850. The van der Waals surface area contributed by atoms with E-state index in [9.17, 15) is 17.6 Å². The molecule has 2 N–H and O–H groups in total. The molecule has 0 spiro atoms. The highest BCUT2D eigenvalue weighted by Crippen LogP contribution is 2.36. The van der Waals surface area contributed by atoms with E-state index >= 15 is 0 Å². The van der Waals surface area contributed by atoms with E-state index in [0.29, 0.717) is 0 Å². The van der Waals surface area contributed by atoms with E-state index in [2.05, 4.69) is 4.74 Å². The standard InChI is InChI=1S/C13H15F4NO/c14-11-6-5-9(19-13(15,16)17)7-10(11)12(18)8-3-1-2-4-8/h5-8,12H,1-4,18H2/t12-/m0/s1. The second kappa shape index (κ2) is 5.36. The largest absolute Gasteiger partial charge is 0.573 e. The molecule has 1 aliphatic carbocycles. The molecule has 1 aliphatic rings. The van der Waals surface area contributed by atoms with E-state index < -0.39 is 24.0 Å². The molecule has 0 bridgehead atoms. The normalized spacial score (nSPS) is 18.6. The van der Waals surface area contributed by atoms with Crippen LogP contribution in [0.3, 0.4) is 0 Å². The molecule has 0 radical (unpaired) electrons. The van der Waals surface area contributed by atoms with E-state index in [0.717, 1.165) is 43.9 Å². The van der Waals surface area contributed by atoms with Crippen LogP contribution >= 0.6 is 0 Å². The third-order valence-corrected chi connectivity index (χ3v) is 3.47. The monoisotopic (exact) mass is 277 g/mol. The Morgan fingerprint density at radius 1 is 1.21 bits per heavy atom. The zero-order chi connectivity index (χ0) is 14.0. The molecule has 0 unspecified atom stereocenters. The van der Waals surface area contributed by atoms with E-state index in [-0.39, 0.29) is 11.5 Å². The molecule has 1 atom stereocenters. The van der Waals surface area contributed by atoms with Crippen LogP contribution in [0.5, 0.6) is 5.75 Å². The Balaban J connectivity index is 2.21. The van der Waals surface area contributed by atoms with Crippen LogP contribution in [0, 0.1) is 11.7 Å². The van der Waals surface area contributed by atoms with Crippen LogP contribution in [-0.2, 0) is 0 Å². The molecule has 1 fully saturated rings. The fraction of sp³-hybridized carbons (Fsp3) is 0.538. The number of benzene rings is 1. The zero-order valence-electron chi connectivity index (χ0n) is 10.2. The number of hydrogen-bond acceptors (Lipinski definition) is 2. The fourth-order valence-corrected chi connectivity index (χ4v) is 2.54. The number of rotatable bonds is 3. The molecule has 2 rings (SSSR count). The Morgan fingerprint density at radius 3 is 2.42 bits per heavy atom. The minimum absolute atomic E-state index is 0.0913. The highest BCUT2D eigenvalue weighted by Gasteiger charge is 2.32. The van der Waals surface area contributed by atoms with Gasteiger partial charge in [-0.25, -0.2) is 4.39 Å². The second-order valence-electron chi connectivity index (χ2n) is 4.80. The molecule has 1 aromatic rings. The number of ether oxygens (including phenoxy) is 1. The van der Waals surface area contributed by atoms with Gasteiger partial charge in [-0.2, -0.15) is 0 Å². The summed E-state index contributed by atoms with van der Waals surface area (Å²) in [7, 11) is 0. The second-order valence-corrected chi connectivity index (χ2v) is 4.80. The van der Waals surface area contributed by atoms with E-state index in [4.69, 9.17) is 5.73 Å². The van der Waals surface area contributed by atoms with E-state index in [1.54, 1.807) is 0 Å². The van der Waals surface area contributed by atoms with Crippen molar-refractivity contribution >= 4 is 0 Å². The summed E-state index contributed by atoms with van der Waals surface area (Å²) in [5, 5.41) is 0. The van der Waals surface area contributed by atoms with Gasteiger partial charge in [0, 0.05) is 11.6 Å². The summed E-state index contributed by atoms with van der Waals surface area (Å²) in [5.41, 5.74) is 6.05. The first kappa shape index (κ1) is 14.1. The minimum atomic E-state index is -4.79. The molecule has 0 aromatic heterocycles. The van der Waals surface area contributed by atoms with Gasteiger partial charge in [0.25, 0.3) is 0 Å². The van der Waals surface area contributed by atoms with Crippen LogP contribution in [-0.4, -0.2) is 6.36 Å². The maximum absolute atomic E-state index is 13.7. The van der Waals surface area contributed by atoms with Crippen LogP contribution < -0.4 is 10.5 Å². The average molecular weight is 277 g/mol. The summed E-state index contributed by atoms with van der Waals surface area (Å²) in [5.74, 6) is -0.901. The molecule has 0 aliphatic heterocycles. The lowest BCUT2D eigenvalue weighted by Crippen LogP contribution is -2.21. The van der Waals surface area contributed by atoms with Crippen molar-refractivity contribution in [3.05, 3.63) is 29.6 Å². The van der Waals surface area contributed by atoms with Gasteiger partial charge in [-0.05, 0) is 37.0 Å². The summed E-state index contributed by atoms with van der Waals surface area (Å²) in [6, 6.07) is 2.38. The minimum Gasteiger partial charge on any atom is -0.406 e. The first-order valence-electron chi connectivity index (χ1n) is 6.17. The molecular weight excluding hydrogens is 262 g/mol. The maximum Gasteiger partial charge on any atom is 0.573 e. The number of alkyl halides is 3. The number of halogens is 4. The van der Waals surface area contributed by atoms with Crippen LogP contribution in [0.2, 0.25) is 0 Å². The molecule has 19 heavy (non-hydrogen) atoms. The fourth-order valence-electron chi connectivity index (χ4n) is 2.54. The Kier molecular flexibility index (Phi) is 3.99. The Bertz CT molecular complexity index is 441. The van der Waals surface area contributed by atoms with Crippen molar-refractivity contribution in [2.45, 2.75) is 38.1 Å². The Labute approximate surface area is 108 Å². The van der Waals surface area contributed by atoms with Gasteiger partial charge >= 0.3 is 6.36 Å². The van der Waals surface area contributed by atoms with Crippen molar-refractivity contribution in [3.63, 3.8) is 0 Å². The first-order valence-corrected chi connectivity index (χ1v) is 6.17. The number of hydrogen-bond donors (Lipinski definition) is 1. The smallest absolute Gasteiger partial charge is 0.406 e. The lowest BCUT2D eigenvalue weighted by Gasteiger charge is -2.20. The van der Waals surface area contributed by atoms with E-state index in [1.807, 2.05) is 0 Å². The Morgan fingerprint density at radius 2 is 1.84 bits per heavy atom. The van der Waals surface area contributed by atoms with E-state index in [1.165, 1.54) is 0 Å². The number of nitrogens with two attached hydrogens (primary N) is 1. The SMILES string of the molecule is N[C@H](c1cc(OC(F)(F)F)ccc1F)C1CCCC1. The topological polar surface area (TPSA) is 35.2 Å². The predicted molar refractivity (Wildman–Crippen MR) is 62.0 cm³/mol. The summed E-state index contributed by atoms with van der Waals surface area (Å²) in [6.07, 6.45) is -0.972. The van der Waals surface area contributed by atoms with Crippen LogP contribution in [0.1, 0.15) is 37.3 Å². The van der Waals surface area contributed by atoms with Crippen molar-refractivity contribution < 1.29 is 22.3 Å². The van der Waals surface area contributed by atoms with Gasteiger partial charge in [0.05, 0.1) is 0 Å². The predicted octanol–water partition coefficient (Wildman–Crippen LogP) is 3.91. The highest BCUT2D eigenvalue weighted by atomic mass is 19.4. The molecule has 1 aromatic carbocycles. The van der Waals surface area contributed by atoms with Gasteiger partial charge in [-0.1, -0.05) is 12.8 Å². The maximum atomic E-state index is 13.7. The molecular formula is C13H15F4NO. The summed E-state index contributed by atoms with van der Waals surface area (Å²) >= 11 is 0. The van der Waals surface area contributed by atoms with Crippen molar-refractivity contribution in [2.75, 3.05) is 0 Å². The molecule has 0 amide bonds. The average Bonchev–Trinajstić information content (AvgIpc) is 2.82. The first-order chi connectivity index (χ1) is 8.87. The van der Waals surface area contributed by atoms with Crippen molar-refractivity contribution in [2.24, 2.45) is 11.7 Å². The third kappa shape index (κ3) is 3.59. The summed E-state index contributed by atoms with van der Waals surface area (Å²) in [6.45, 7) is 0. The van der Waals surface area contributed by atoms with Gasteiger partial charge in [0.2, 0.25) is 0 Å². The molecule has 1 saturated carbocycles. The highest BCUT2D eigenvalue weighted by molar-refractivity contribution is 5.32. The van der Waals surface area contributed by atoms with Gasteiger partial charge in [0.15, 0.2) is 0 Å². The summed E-state index contributed by atoms with van der Waals surface area (Å²) < 4.78 is 53.9. The van der Waals surface area contributed by atoms with Gasteiger partial charge in [0.1, 0.15) is 11.6 Å². The Hall–Kier alpha value is -1.30. The van der Waals surface area contributed by atoms with Gasteiger partial charge in [-0.3, -0.25) is 0 Å². The van der Waals surface area contributed by atoms with Gasteiger partial charge in [-0.15, -0.1) is 13.2 Å². The molecule has 106 valence electrons. The van der Waals surface area contributed by atoms with Crippen LogP contribution in [0.15, 0.2) is 18.2 Å². The lowest BCUT2D eigenvalue weighted by atomic mass is 9.92. The van der Waals surface area contributed by atoms with Crippen LogP contribution in [0.25, 0.3) is 0 Å². The summed E-state index contributed by atoms with van der Waals surface area (Å²) in [4.78, 5) is 0. The molecule has 0 saturated heterocycles. The molecule has 0 heterocycles. The van der Waals surface area contributed by atoms with Gasteiger partial charge < -0.3 is 10.5 Å².